The molecule has 21 heavy (non-hydrogen) atoms. The van der Waals surface area contributed by atoms with Crippen LogP contribution in [-0.4, -0.2) is 31.2 Å². The van der Waals surface area contributed by atoms with Crippen LogP contribution in [0.5, 0.6) is 0 Å². The van der Waals surface area contributed by atoms with E-state index < -0.39 is 0 Å². The van der Waals surface area contributed by atoms with Crippen molar-refractivity contribution in [3.05, 3.63) is 42.1 Å². The minimum absolute atomic E-state index is 0.700. The second kappa shape index (κ2) is 5.09. The third-order valence-electron chi connectivity index (χ3n) is 3.20. The second-order valence-corrected chi connectivity index (χ2v) is 6.67. The molecule has 0 saturated carbocycles. The first-order valence-electron chi connectivity index (χ1n) is 6.40. The van der Waals surface area contributed by atoms with Crippen LogP contribution in [0.25, 0.3) is 21.4 Å². The summed E-state index contributed by atoms with van der Waals surface area (Å²) in [5, 5.41) is 0. The molecule has 3 aromatic heterocycles. The van der Waals surface area contributed by atoms with Gasteiger partial charge in [-0.25, -0.2) is 19.9 Å². The summed E-state index contributed by atoms with van der Waals surface area (Å²) >= 11 is 3.40. The monoisotopic (exact) mass is 313 g/mol. The zero-order valence-electron chi connectivity index (χ0n) is 11.2. The Kier molecular flexibility index (Phi) is 3.08. The molecular weight excluding hydrogens is 302 g/mol. The van der Waals surface area contributed by atoms with Crippen molar-refractivity contribution in [3.8, 4) is 0 Å². The van der Waals surface area contributed by atoms with Crippen LogP contribution < -0.4 is 0 Å². The van der Waals surface area contributed by atoms with Gasteiger partial charge in [-0.05, 0) is 24.0 Å². The lowest BCUT2D eigenvalue weighted by atomic mass is 10.1. The van der Waals surface area contributed by atoms with Crippen LogP contribution >= 0.6 is 23.1 Å². The van der Waals surface area contributed by atoms with Crippen LogP contribution in [0, 0.1) is 0 Å². The predicted molar refractivity (Wildman–Crippen MR) is 85.9 cm³/mol. The van der Waals surface area contributed by atoms with Crippen LogP contribution in [0.1, 0.15) is 11.4 Å². The maximum atomic E-state index is 4.55. The fraction of sp³-hybridized carbons (Fsp3) is 0.143. The summed E-state index contributed by atoms with van der Waals surface area (Å²) in [4.78, 5) is 20.6. The highest BCUT2D eigenvalue weighted by molar-refractivity contribution is 8.00. The molecule has 0 aliphatic carbocycles. The maximum absolute atomic E-state index is 4.55. The van der Waals surface area contributed by atoms with Crippen molar-refractivity contribution in [3.63, 3.8) is 0 Å². The van der Waals surface area contributed by atoms with E-state index in [9.17, 15) is 0 Å². The van der Waals surface area contributed by atoms with E-state index in [4.69, 9.17) is 0 Å². The second-order valence-electron chi connectivity index (χ2n) is 4.59. The van der Waals surface area contributed by atoms with Crippen molar-refractivity contribution in [2.24, 2.45) is 0 Å². The largest absolute Gasteiger partial charge is 0.342 e. The van der Waals surface area contributed by atoms with Crippen molar-refractivity contribution in [2.75, 3.05) is 6.26 Å². The summed E-state index contributed by atoms with van der Waals surface area (Å²) in [5.41, 5.74) is 3.82. The first-order chi connectivity index (χ1) is 10.3. The Bertz CT molecular complexity index is 927. The molecule has 5 nitrogen and oxygen atoms in total. The van der Waals surface area contributed by atoms with Gasteiger partial charge in [0, 0.05) is 6.42 Å². The molecule has 0 radical (unpaired) electrons. The van der Waals surface area contributed by atoms with Crippen LogP contribution in [0.15, 0.2) is 35.1 Å². The molecular formula is C14H11N5S2. The van der Waals surface area contributed by atoms with Gasteiger partial charge in [-0.15, -0.1) is 11.3 Å². The standard InChI is InChI=1S/C14H11N5S2/c1-20-14-18-9-3-2-8(4-11(9)21-14)5-12-15-6-10-13(19-12)17-7-16-10/h2-4,6-7H,5H2,1H3,(H,15,16,17,19). The van der Waals surface area contributed by atoms with Gasteiger partial charge in [0.05, 0.1) is 22.7 Å². The Morgan fingerprint density at radius 2 is 2.19 bits per heavy atom. The minimum Gasteiger partial charge on any atom is -0.342 e. The third kappa shape index (κ3) is 2.38. The quantitative estimate of drug-likeness (QED) is 0.588. The lowest BCUT2D eigenvalue weighted by molar-refractivity contribution is 0.988. The number of fused-ring (bicyclic) bond motifs is 2. The Morgan fingerprint density at radius 1 is 1.24 bits per heavy atom. The van der Waals surface area contributed by atoms with E-state index in [1.807, 2.05) is 6.26 Å². The molecule has 0 unspecified atom stereocenters. The number of thioether (sulfide) groups is 1. The van der Waals surface area contributed by atoms with Gasteiger partial charge >= 0.3 is 0 Å². The first-order valence-corrected chi connectivity index (χ1v) is 8.44. The number of hydrogen-bond donors (Lipinski definition) is 1. The molecule has 0 aliphatic heterocycles. The van der Waals surface area contributed by atoms with Crippen LogP contribution in [0.4, 0.5) is 0 Å². The van der Waals surface area contributed by atoms with Gasteiger partial charge in [0.2, 0.25) is 0 Å². The molecule has 3 heterocycles. The predicted octanol–water partition coefficient (Wildman–Crippen LogP) is 3.28. The summed E-state index contributed by atoms with van der Waals surface area (Å²) in [7, 11) is 0. The fourth-order valence-electron chi connectivity index (χ4n) is 2.18. The summed E-state index contributed by atoms with van der Waals surface area (Å²) in [6.45, 7) is 0. The molecule has 0 saturated heterocycles. The summed E-state index contributed by atoms with van der Waals surface area (Å²) < 4.78 is 2.30. The average molecular weight is 313 g/mol. The summed E-state index contributed by atoms with van der Waals surface area (Å²) in [5.74, 6) is 0.781. The number of nitrogens with zero attached hydrogens (tertiary/aromatic N) is 4. The van der Waals surface area contributed by atoms with Crippen molar-refractivity contribution in [2.45, 2.75) is 10.8 Å². The molecule has 0 bridgehead atoms. The molecule has 1 aromatic carbocycles. The smallest absolute Gasteiger partial charge is 0.180 e. The van der Waals surface area contributed by atoms with E-state index in [2.05, 4.69) is 43.1 Å². The summed E-state index contributed by atoms with van der Waals surface area (Å²) in [6, 6.07) is 6.32. The molecule has 4 rings (SSSR count). The third-order valence-corrected chi connectivity index (χ3v) is 5.20. The van der Waals surface area contributed by atoms with Gasteiger partial charge in [0.1, 0.15) is 11.3 Å². The normalized spacial score (nSPS) is 11.5. The maximum Gasteiger partial charge on any atom is 0.180 e. The number of rotatable bonds is 3. The van der Waals surface area contributed by atoms with E-state index >= 15 is 0 Å². The Balaban J connectivity index is 1.69. The van der Waals surface area contributed by atoms with Crippen LogP contribution in [-0.2, 0) is 6.42 Å². The van der Waals surface area contributed by atoms with Gasteiger partial charge in [-0.3, -0.25) is 0 Å². The van der Waals surface area contributed by atoms with E-state index in [1.54, 1.807) is 35.6 Å². The number of imidazole rings is 1. The first kappa shape index (κ1) is 12.7. The number of thiazole rings is 1. The van der Waals surface area contributed by atoms with Gasteiger partial charge in [-0.2, -0.15) is 0 Å². The molecule has 0 spiro atoms. The number of nitrogens with one attached hydrogen (secondary N) is 1. The SMILES string of the molecule is CSc1nc2ccc(Cc3ncc4[nH]cnc4n3)cc2s1. The Hall–Kier alpha value is -1.99. The molecule has 0 aliphatic rings. The molecule has 0 atom stereocenters. The fourth-order valence-corrected chi connectivity index (χ4v) is 3.74. The molecule has 7 heteroatoms. The number of benzene rings is 1. The lowest BCUT2D eigenvalue weighted by Crippen LogP contribution is -1.96. The number of aromatic amines is 1. The minimum atomic E-state index is 0.700. The zero-order chi connectivity index (χ0) is 14.2. The highest BCUT2D eigenvalue weighted by Crippen LogP contribution is 2.29. The van der Waals surface area contributed by atoms with Gasteiger partial charge in [0.25, 0.3) is 0 Å². The highest BCUT2D eigenvalue weighted by atomic mass is 32.2. The van der Waals surface area contributed by atoms with Crippen LogP contribution in [0.2, 0.25) is 0 Å². The highest BCUT2D eigenvalue weighted by Gasteiger charge is 2.07. The van der Waals surface area contributed by atoms with Crippen LogP contribution in [0.3, 0.4) is 0 Å². The van der Waals surface area contributed by atoms with Gasteiger partial charge in [-0.1, -0.05) is 17.8 Å². The molecule has 0 amide bonds. The van der Waals surface area contributed by atoms with Crippen molar-refractivity contribution in [1.82, 2.24) is 24.9 Å². The van der Waals surface area contributed by atoms with E-state index in [0.29, 0.717) is 12.1 Å². The Labute approximate surface area is 128 Å². The van der Waals surface area contributed by atoms with Crippen molar-refractivity contribution in [1.29, 1.82) is 0 Å². The molecule has 104 valence electrons. The Morgan fingerprint density at radius 3 is 3.10 bits per heavy atom. The van der Waals surface area contributed by atoms with E-state index in [1.165, 1.54) is 10.3 Å². The molecule has 4 aromatic rings. The molecule has 0 fully saturated rings. The molecule has 1 N–H and O–H groups in total. The van der Waals surface area contributed by atoms with E-state index in [-0.39, 0.29) is 0 Å². The zero-order valence-corrected chi connectivity index (χ0v) is 12.8. The van der Waals surface area contributed by atoms with Gasteiger partial charge in [0.15, 0.2) is 9.99 Å². The van der Waals surface area contributed by atoms with Gasteiger partial charge < -0.3 is 4.98 Å². The lowest BCUT2D eigenvalue weighted by Gasteiger charge is -2.00. The van der Waals surface area contributed by atoms with E-state index in [0.717, 1.165) is 21.2 Å². The number of aromatic nitrogens is 5. The summed E-state index contributed by atoms with van der Waals surface area (Å²) in [6.07, 6.45) is 6.16. The topological polar surface area (TPSA) is 67.3 Å². The van der Waals surface area contributed by atoms with Crippen molar-refractivity contribution < 1.29 is 0 Å². The average Bonchev–Trinajstić information content (AvgIpc) is 3.11. The van der Waals surface area contributed by atoms with Crippen molar-refractivity contribution >= 4 is 44.5 Å². The number of hydrogen-bond acceptors (Lipinski definition) is 6. The number of H-pyrrole nitrogens is 1.